The molecule has 1 aliphatic rings. The summed E-state index contributed by atoms with van der Waals surface area (Å²) in [4.78, 5) is 0.509. The first-order valence-electron chi connectivity index (χ1n) is 4.54. The molecule has 0 saturated carbocycles. The van der Waals surface area contributed by atoms with Crippen LogP contribution in [0.2, 0.25) is 0 Å². The zero-order valence-corrected chi connectivity index (χ0v) is 11.3. The van der Waals surface area contributed by atoms with E-state index in [1.165, 1.54) is 14.7 Å². The summed E-state index contributed by atoms with van der Waals surface area (Å²) in [5.74, 6) is 0. The quantitative estimate of drug-likeness (QED) is 0.514. The van der Waals surface area contributed by atoms with E-state index in [0.717, 1.165) is 6.42 Å². The smallest absolute Gasteiger partial charge is 0.0363 e. The van der Waals surface area contributed by atoms with Crippen LogP contribution in [0.4, 0.5) is 0 Å². The second kappa shape index (κ2) is 4.62. The Hall–Kier alpha value is -0.0900. The van der Waals surface area contributed by atoms with E-state index in [2.05, 4.69) is 81.0 Å². The third-order valence-corrected chi connectivity index (χ3v) is 3.62. The molecule has 0 spiro atoms. The first kappa shape index (κ1) is 10.4. The van der Waals surface area contributed by atoms with Crippen LogP contribution in [0.5, 0.6) is 0 Å². The fraction of sp³-hybridized carbons (Fsp3) is 0.167. The molecule has 1 aromatic rings. The van der Waals surface area contributed by atoms with Crippen LogP contribution in [-0.4, -0.2) is 4.83 Å². The SMILES string of the molecule is BrC1C=CC(c2ccc(I)cc2)=CC1. The Balaban J connectivity index is 2.24. The van der Waals surface area contributed by atoms with E-state index in [0.29, 0.717) is 4.83 Å². The number of rotatable bonds is 1. The second-order valence-electron chi connectivity index (χ2n) is 3.28. The summed E-state index contributed by atoms with van der Waals surface area (Å²) < 4.78 is 1.28. The van der Waals surface area contributed by atoms with Crippen LogP contribution in [0, 0.1) is 3.57 Å². The predicted molar refractivity (Wildman–Crippen MR) is 73.6 cm³/mol. The third-order valence-electron chi connectivity index (χ3n) is 2.23. The number of hydrogen-bond donors (Lipinski definition) is 0. The molecule has 0 N–H and O–H groups in total. The van der Waals surface area contributed by atoms with Crippen molar-refractivity contribution in [1.82, 2.24) is 0 Å². The molecule has 0 aromatic heterocycles. The first-order chi connectivity index (χ1) is 6.75. The molecule has 0 saturated heterocycles. The lowest BCUT2D eigenvalue weighted by molar-refractivity contribution is 1.08. The van der Waals surface area contributed by atoms with Gasteiger partial charge in [-0.3, -0.25) is 0 Å². The van der Waals surface area contributed by atoms with E-state index in [4.69, 9.17) is 0 Å². The Kier molecular flexibility index (Phi) is 3.44. The largest absolute Gasteiger partial charge is 0.0842 e. The Labute approximate surface area is 106 Å². The molecule has 1 atom stereocenters. The third kappa shape index (κ3) is 2.48. The number of hydrogen-bond acceptors (Lipinski definition) is 0. The fourth-order valence-electron chi connectivity index (χ4n) is 1.45. The molecule has 2 heteroatoms. The molecule has 0 nitrogen and oxygen atoms in total. The van der Waals surface area contributed by atoms with Crippen molar-refractivity contribution in [1.29, 1.82) is 0 Å². The average molecular weight is 361 g/mol. The highest BCUT2D eigenvalue weighted by molar-refractivity contribution is 14.1. The number of allylic oxidation sites excluding steroid dienone is 4. The summed E-state index contributed by atoms with van der Waals surface area (Å²) in [5, 5.41) is 0. The van der Waals surface area contributed by atoms with Crippen LogP contribution in [-0.2, 0) is 0 Å². The molecule has 72 valence electrons. The van der Waals surface area contributed by atoms with Crippen molar-refractivity contribution >= 4 is 44.1 Å². The zero-order chi connectivity index (χ0) is 9.97. The van der Waals surface area contributed by atoms with Gasteiger partial charge in [-0.2, -0.15) is 0 Å². The van der Waals surface area contributed by atoms with E-state index in [-0.39, 0.29) is 0 Å². The Morgan fingerprint density at radius 2 is 1.93 bits per heavy atom. The minimum atomic E-state index is 0.509. The molecule has 0 amide bonds. The van der Waals surface area contributed by atoms with E-state index < -0.39 is 0 Å². The lowest BCUT2D eigenvalue weighted by Gasteiger charge is -2.10. The van der Waals surface area contributed by atoms with Crippen molar-refractivity contribution in [2.45, 2.75) is 11.2 Å². The average Bonchev–Trinajstić information content (AvgIpc) is 2.21. The molecular formula is C12H10BrI. The van der Waals surface area contributed by atoms with Gasteiger partial charge in [-0.25, -0.2) is 0 Å². The van der Waals surface area contributed by atoms with Gasteiger partial charge in [0.05, 0.1) is 0 Å². The fourth-order valence-corrected chi connectivity index (χ4v) is 2.15. The summed E-state index contributed by atoms with van der Waals surface area (Å²) in [5.41, 5.74) is 2.64. The van der Waals surface area contributed by atoms with Gasteiger partial charge in [0.25, 0.3) is 0 Å². The maximum Gasteiger partial charge on any atom is 0.0363 e. The van der Waals surface area contributed by atoms with Crippen molar-refractivity contribution < 1.29 is 0 Å². The Morgan fingerprint density at radius 3 is 2.50 bits per heavy atom. The number of halogens is 2. The highest BCUT2D eigenvalue weighted by atomic mass is 127. The van der Waals surface area contributed by atoms with Crippen LogP contribution in [0.25, 0.3) is 5.57 Å². The molecule has 0 bridgehead atoms. The monoisotopic (exact) mass is 360 g/mol. The van der Waals surface area contributed by atoms with Gasteiger partial charge in [0, 0.05) is 8.40 Å². The van der Waals surface area contributed by atoms with Gasteiger partial charge >= 0.3 is 0 Å². The minimum absolute atomic E-state index is 0.509. The van der Waals surface area contributed by atoms with Crippen LogP contribution >= 0.6 is 38.5 Å². The Morgan fingerprint density at radius 1 is 1.21 bits per heavy atom. The summed E-state index contributed by atoms with van der Waals surface area (Å²) in [7, 11) is 0. The lowest BCUT2D eigenvalue weighted by Crippen LogP contribution is -1.96. The molecular weight excluding hydrogens is 351 g/mol. The number of alkyl halides is 1. The summed E-state index contributed by atoms with van der Waals surface area (Å²) in [6.45, 7) is 0. The topological polar surface area (TPSA) is 0 Å². The maximum absolute atomic E-state index is 3.57. The van der Waals surface area contributed by atoms with Gasteiger partial charge in [0.2, 0.25) is 0 Å². The summed E-state index contributed by atoms with van der Waals surface area (Å²) >= 11 is 5.89. The van der Waals surface area contributed by atoms with Gasteiger partial charge in [-0.05, 0) is 52.3 Å². The molecule has 14 heavy (non-hydrogen) atoms. The molecule has 0 radical (unpaired) electrons. The highest BCUT2D eigenvalue weighted by Crippen LogP contribution is 2.24. The van der Waals surface area contributed by atoms with Gasteiger partial charge < -0.3 is 0 Å². The van der Waals surface area contributed by atoms with Gasteiger partial charge in [-0.15, -0.1) is 0 Å². The van der Waals surface area contributed by atoms with Gasteiger partial charge in [0.1, 0.15) is 0 Å². The molecule has 1 unspecified atom stereocenters. The van der Waals surface area contributed by atoms with E-state index in [9.17, 15) is 0 Å². The van der Waals surface area contributed by atoms with Crippen molar-refractivity contribution in [3.05, 3.63) is 51.6 Å². The summed E-state index contributed by atoms with van der Waals surface area (Å²) in [6.07, 6.45) is 7.75. The van der Waals surface area contributed by atoms with Crippen LogP contribution < -0.4 is 0 Å². The van der Waals surface area contributed by atoms with Crippen molar-refractivity contribution in [2.75, 3.05) is 0 Å². The van der Waals surface area contributed by atoms with Crippen LogP contribution in [0.15, 0.2) is 42.5 Å². The molecule has 1 aromatic carbocycles. The number of benzene rings is 1. The Bertz CT molecular complexity index is 376. The van der Waals surface area contributed by atoms with Crippen molar-refractivity contribution in [3.8, 4) is 0 Å². The lowest BCUT2D eigenvalue weighted by atomic mass is 10.00. The maximum atomic E-state index is 3.57. The molecule has 0 fully saturated rings. The first-order valence-corrected chi connectivity index (χ1v) is 6.53. The second-order valence-corrected chi connectivity index (χ2v) is 5.70. The van der Waals surface area contributed by atoms with Gasteiger partial charge in [-0.1, -0.05) is 46.3 Å². The van der Waals surface area contributed by atoms with Crippen molar-refractivity contribution in [3.63, 3.8) is 0 Å². The predicted octanol–water partition coefficient (Wildman–Crippen LogP) is 4.40. The van der Waals surface area contributed by atoms with E-state index in [1.807, 2.05) is 0 Å². The zero-order valence-electron chi connectivity index (χ0n) is 7.58. The molecule has 2 rings (SSSR count). The van der Waals surface area contributed by atoms with Crippen molar-refractivity contribution in [2.24, 2.45) is 0 Å². The minimum Gasteiger partial charge on any atom is -0.0842 e. The van der Waals surface area contributed by atoms with E-state index >= 15 is 0 Å². The molecule has 0 heterocycles. The molecule has 0 aliphatic heterocycles. The van der Waals surface area contributed by atoms with Gasteiger partial charge in [0.15, 0.2) is 0 Å². The summed E-state index contributed by atoms with van der Waals surface area (Å²) in [6, 6.07) is 8.63. The van der Waals surface area contributed by atoms with Crippen LogP contribution in [0.3, 0.4) is 0 Å². The molecule has 1 aliphatic carbocycles. The normalized spacial score (nSPS) is 20.7. The van der Waals surface area contributed by atoms with E-state index in [1.54, 1.807) is 0 Å². The van der Waals surface area contributed by atoms with Crippen LogP contribution in [0.1, 0.15) is 12.0 Å². The standard InChI is InChI=1S/C12H10BrI/c13-11-5-1-9(2-6-11)10-3-7-12(14)8-4-10/h1-5,7-8,11H,6H2. The highest BCUT2D eigenvalue weighted by Gasteiger charge is 2.05.